The second kappa shape index (κ2) is 9.91. The van der Waals surface area contributed by atoms with Crippen molar-refractivity contribution < 1.29 is 27.8 Å². The lowest BCUT2D eigenvalue weighted by Gasteiger charge is -2.12. The van der Waals surface area contributed by atoms with E-state index in [0.717, 1.165) is 11.1 Å². The van der Waals surface area contributed by atoms with Crippen molar-refractivity contribution in [2.24, 2.45) is 0 Å². The molecule has 0 aliphatic rings. The summed E-state index contributed by atoms with van der Waals surface area (Å²) in [5.74, 6) is 2.14. The van der Waals surface area contributed by atoms with Gasteiger partial charge in [0.2, 0.25) is 11.6 Å². The summed E-state index contributed by atoms with van der Waals surface area (Å²) in [6, 6.07) is 17.7. The number of aromatic nitrogens is 1. The molecule has 1 amide bonds. The number of hydrogen-bond acceptors (Lipinski definition) is 7. The summed E-state index contributed by atoms with van der Waals surface area (Å²) in [5.41, 5.74) is 4.06. The number of aryl methyl sites for hydroxylation is 1. The number of methoxy groups -OCH3 is 3. The summed E-state index contributed by atoms with van der Waals surface area (Å²) in [6.07, 6.45) is 0. The highest BCUT2D eigenvalue weighted by Crippen LogP contribution is 2.41. The zero-order valence-corrected chi connectivity index (χ0v) is 21.3. The van der Waals surface area contributed by atoms with Crippen LogP contribution >= 0.6 is 11.6 Å². The van der Waals surface area contributed by atoms with Gasteiger partial charge >= 0.3 is 0 Å². The largest absolute Gasteiger partial charge is 0.493 e. The molecule has 0 saturated heterocycles. The van der Waals surface area contributed by atoms with Crippen molar-refractivity contribution in [2.45, 2.75) is 6.92 Å². The van der Waals surface area contributed by atoms with Crippen LogP contribution in [-0.4, -0.2) is 32.2 Å². The number of rotatable bonds is 7. The molecule has 2 aromatic heterocycles. The number of hydrogen-bond donors (Lipinski definition) is 1. The van der Waals surface area contributed by atoms with Crippen molar-refractivity contribution in [2.75, 3.05) is 26.6 Å². The zero-order valence-electron chi connectivity index (χ0n) is 20.5. The molecular formula is C28H23ClN2O6. The number of benzene rings is 3. The highest BCUT2D eigenvalue weighted by atomic mass is 35.5. The Morgan fingerprint density at radius 1 is 0.865 bits per heavy atom. The number of halogens is 1. The summed E-state index contributed by atoms with van der Waals surface area (Å²) in [4.78, 5) is 17.4. The number of ether oxygens (including phenoxy) is 3. The molecule has 8 nitrogen and oxygen atoms in total. The third-order valence-corrected chi connectivity index (χ3v) is 6.25. The van der Waals surface area contributed by atoms with Gasteiger partial charge < -0.3 is 28.4 Å². The van der Waals surface area contributed by atoms with Crippen LogP contribution in [0, 0.1) is 6.92 Å². The third kappa shape index (κ3) is 4.71. The molecule has 0 bridgehead atoms. The van der Waals surface area contributed by atoms with E-state index in [0.29, 0.717) is 56.3 Å². The molecule has 0 fully saturated rings. The molecule has 5 aromatic rings. The van der Waals surface area contributed by atoms with Crippen LogP contribution < -0.4 is 19.5 Å². The molecule has 1 N–H and O–H groups in total. The minimum absolute atomic E-state index is 0.171. The molecule has 0 atom stereocenters. The summed E-state index contributed by atoms with van der Waals surface area (Å²) in [6.45, 7) is 1.92. The van der Waals surface area contributed by atoms with Crippen molar-refractivity contribution >= 4 is 34.3 Å². The average Bonchev–Trinajstić information content (AvgIpc) is 3.57. The molecule has 0 aliphatic heterocycles. The lowest BCUT2D eigenvalue weighted by atomic mass is 10.1. The predicted molar refractivity (Wildman–Crippen MR) is 141 cm³/mol. The van der Waals surface area contributed by atoms with Crippen molar-refractivity contribution in [3.8, 4) is 40.0 Å². The second-order valence-corrected chi connectivity index (χ2v) is 8.60. The maximum atomic E-state index is 12.8. The first-order valence-electron chi connectivity index (χ1n) is 11.3. The van der Waals surface area contributed by atoms with Crippen LogP contribution in [0.1, 0.15) is 16.1 Å². The Morgan fingerprint density at radius 2 is 1.62 bits per heavy atom. The SMILES string of the molecule is COc1cc(-c2nc3cc(NC(=O)c4ccc(-c5ccc(C)c(Cl)c5)o4)ccc3o2)cc(OC)c1OC. The standard InChI is InChI=1S/C28H23ClN2O6/c1-15-5-6-16(11-19(15)29)21-9-10-23(36-21)27(32)30-18-7-8-22-20(14-18)31-28(37-22)17-12-24(33-2)26(35-4)25(13-17)34-3/h5-14H,1-4H3,(H,30,32). The number of amides is 1. The van der Waals surface area contributed by atoms with Gasteiger partial charge in [-0.3, -0.25) is 4.79 Å². The number of carbonyl (C=O) groups is 1. The third-order valence-electron chi connectivity index (χ3n) is 5.84. The van der Waals surface area contributed by atoms with Crippen LogP contribution in [-0.2, 0) is 0 Å². The highest BCUT2D eigenvalue weighted by Gasteiger charge is 2.18. The average molecular weight is 519 g/mol. The number of carbonyl (C=O) groups excluding carboxylic acids is 1. The first-order valence-corrected chi connectivity index (χ1v) is 11.7. The van der Waals surface area contributed by atoms with Crippen LogP contribution in [0.5, 0.6) is 17.2 Å². The molecule has 188 valence electrons. The van der Waals surface area contributed by atoms with Gasteiger partial charge in [-0.2, -0.15) is 0 Å². The molecule has 5 rings (SSSR count). The van der Waals surface area contributed by atoms with Gasteiger partial charge in [-0.05, 0) is 61.0 Å². The monoisotopic (exact) mass is 518 g/mol. The van der Waals surface area contributed by atoms with Crippen molar-refractivity contribution in [1.29, 1.82) is 0 Å². The maximum Gasteiger partial charge on any atom is 0.291 e. The van der Waals surface area contributed by atoms with Crippen LogP contribution in [0.15, 0.2) is 69.5 Å². The van der Waals surface area contributed by atoms with Gasteiger partial charge in [0.05, 0.1) is 21.3 Å². The fourth-order valence-corrected chi connectivity index (χ4v) is 4.07. The number of fused-ring (bicyclic) bond motifs is 1. The van der Waals surface area contributed by atoms with E-state index in [1.54, 1.807) is 56.7 Å². The first kappa shape index (κ1) is 24.3. The van der Waals surface area contributed by atoms with Gasteiger partial charge in [0.1, 0.15) is 11.3 Å². The van der Waals surface area contributed by atoms with Gasteiger partial charge in [-0.15, -0.1) is 0 Å². The summed E-state index contributed by atoms with van der Waals surface area (Å²) in [5, 5.41) is 3.47. The molecule has 9 heteroatoms. The van der Waals surface area contributed by atoms with Crippen molar-refractivity contribution in [1.82, 2.24) is 4.98 Å². The molecule has 0 aliphatic carbocycles. The van der Waals surface area contributed by atoms with E-state index in [1.807, 2.05) is 25.1 Å². The van der Waals surface area contributed by atoms with Crippen molar-refractivity contribution in [3.05, 3.63) is 77.0 Å². The molecule has 0 spiro atoms. The fourth-order valence-electron chi connectivity index (χ4n) is 3.89. The van der Waals surface area contributed by atoms with E-state index < -0.39 is 5.91 Å². The Bertz CT molecular complexity index is 1600. The minimum atomic E-state index is -0.392. The van der Waals surface area contributed by atoms with Crippen LogP contribution in [0.25, 0.3) is 33.9 Å². The summed E-state index contributed by atoms with van der Waals surface area (Å²) >= 11 is 6.22. The normalized spacial score (nSPS) is 10.9. The Labute approximate surface area is 217 Å². The number of nitrogens with zero attached hydrogens (tertiary/aromatic N) is 1. The first-order chi connectivity index (χ1) is 17.9. The van der Waals surface area contributed by atoms with Crippen molar-refractivity contribution in [3.63, 3.8) is 0 Å². The molecule has 2 heterocycles. The zero-order chi connectivity index (χ0) is 26.1. The highest BCUT2D eigenvalue weighted by molar-refractivity contribution is 6.31. The van der Waals surface area contributed by atoms with Gasteiger partial charge in [-0.25, -0.2) is 4.98 Å². The molecule has 0 saturated carbocycles. The summed E-state index contributed by atoms with van der Waals surface area (Å²) in [7, 11) is 4.62. The van der Waals surface area contributed by atoms with Gasteiger partial charge in [0.25, 0.3) is 5.91 Å². The Balaban J connectivity index is 1.38. The Hall–Kier alpha value is -4.43. The van der Waals surface area contributed by atoms with E-state index in [9.17, 15) is 4.79 Å². The van der Waals surface area contributed by atoms with E-state index >= 15 is 0 Å². The molecule has 0 radical (unpaired) electrons. The van der Waals surface area contributed by atoms with Crippen LogP contribution in [0.2, 0.25) is 5.02 Å². The molecule has 37 heavy (non-hydrogen) atoms. The number of nitrogens with one attached hydrogen (secondary N) is 1. The Kier molecular flexibility index (Phi) is 6.50. The van der Waals surface area contributed by atoms with E-state index in [2.05, 4.69) is 10.3 Å². The smallest absolute Gasteiger partial charge is 0.291 e. The quantitative estimate of drug-likeness (QED) is 0.248. The summed E-state index contributed by atoms with van der Waals surface area (Å²) < 4.78 is 27.9. The van der Waals surface area contributed by atoms with E-state index in [4.69, 9.17) is 34.6 Å². The van der Waals surface area contributed by atoms with Crippen LogP contribution in [0.3, 0.4) is 0 Å². The Morgan fingerprint density at radius 3 is 2.30 bits per heavy atom. The number of anilines is 1. The molecular weight excluding hydrogens is 496 g/mol. The van der Waals surface area contributed by atoms with E-state index in [1.165, 1.54) is 7.11 Å². The predicted octanol–water partition coefficient (Wildman–Crippen LogP) is 6.99. The lowest BCUT2D eigenvalue weighted by Crippen LogP contribution is -2.10. The lowest BCUT2D eigenvalue weighted by molar-refractivity contribution is 0.0997. The maximum absolute atomic E-state index is 12.8. The van der Waals surface area contributed by atoms with Gasteiger partial charge in [0.15, 0.2) is 22.8 Å². The van der Waals surface area contributed by atoms with Crippen LogP contribution in [0.4, 0.5) is 5.69 Å². The number of oxazole rings is 1. The minimum Gasteiger partial charge on any atom is -0.493 e. The topological polar surface area (TPSA) is 96.0 Å². The van der Waals surface area contributed by atoms with Gasteiger partial charge in [-0.1, -0.05) is 23.7 Å². The second-order valence-electron chi connectivity index (χ2n) is 8.20. The molecule has 3 aromatic carbocycles. The van der Waals surface area contributed by atoms with Gasteiger partial charge in [0, 0.05) is 21.8 Å². The van der Waals surface area contributed by atoms with E-state index in [-0.39, 0.29) is 5.76 Å². The fraction of sp³-hybridized carbons (Fsp3) is 0.143. The molecule has 0 unspecified atom stereocenters. The number of furan rings is 1.